The number of anilines is 1. The highest BCUT2D eigenvalue weighted by atomic mass is 16.5. The van der Waals surface area contributed by atoms with Gasteiger partial charge in [0, 0.05) is 40.5 Å². The van der Waals surface area contributed by atoms with Crippen molar-refractivity contribution in [3.63, 3.8) is 0 Å². The van der Waals surface area contributed by atoms with Crippen LogP contribution in [0.5, 0.6) is 11.5 Å². The van der Waals surface area contributed by atoms with Crippen LogP contribution in [0.2, 0.25) is 0 Å². The Morgan fingerprint density at radius 3 is 2.49 bits per heavy atom. The monoisotopic (exact) mass is 482 g/mol. The summed E-state index contributed by atoms with van der Waals surface area (Å²) in [6.45, 7) is 2.16. The van der Waals surface area contributed by atoms with E-state index in [1.165, 1.54) is 7.11 Å². The minimum atomic E-state index is -1.22. The van der Waals surface area contributed by atoms with Gasteiger partial charge in [-0.3, -0.25) is 9.59 Å². The molecule has 0 saturated carbocycles. The summed E-state index contributed by atoms with van der Waals surface area (Å²) in [6, 6.07) is 11.8. The van der Waals surface area contributed by atoms with E-state index in [1.807, 2.05) is 18.2 Å². The molecule has 10 nitrogen and oxygen atoms in total. The third-order valence-electron chi connectivity index (χ3n) is 5.52. The van der Waals surface area contributed by atoms with Crippen LogP contribution in [0.1, 0.15) is 35.8 Å². The molecule has 1 aromatic heterocycles. The van der Waals surface area contributed by atoms with Gasteiger partial charge in [-0.2, -0.15) is 0 Å². The van der Waals surface area contributed by atoms with Crippen molar-refractivity contribution in [2.75, 3.05) is 26.1 Å². The second-order valence-corrected chi connectivity index (χ2v) is 7.93. The first kappa shape index (κ1) is 25.4. The molecule has 3 amide bonds. The van der Waals surface area contributed by atoms with Gasteiger partial charge in [-0.05, 0) is 55.7 Å². The summed E-state index contributed by atoms with van der Waals surface area (Å²) in [7, 11) is 3.08. The molecular formula is C25H30N4O6. The molecular weight excluding hydrogens is 452 g/mol. The lowest BCUT2D eigenvalue weighted by Gasteiger charge is -2.14. The number of benzene rings is 2. The molecule has 3 rings (SSSR count). The minimum Gasteiger partial charge on any atom is -0.493 e. The third kappa shape index (κ3) is 6.66. The highest BCUT2D eigenvalue weighted by Crippen LogP contribution is 2.30. The van der Waals surface area contributed by atoms with E-state index in [1.54, 1.807) is 38.3 Å². The van der Waals surface area contributed by atoms with Crippen molar-refractivity contribution >= 4 is 34.5 Å². The fraction of sp³-hybridized carbons (Fsp3) is 0.320. The number of ether oxygens (including phenoxy) is 2. The second-order valence-electron chi connectivity index (χ2n) is 7.93. The number of aromatic amines is 1. The predicted molar refractivity (Wildman–Crippen MR) is 132 cm³/mol. The second kappa shape index (κ2) is 11.8. The number of rotatable bonds is 11. The van der Waals surface area contributed by atoms with Gasteiger partial charge in [0.05, 0.1) is 14.2 Å². The highest BCUT2D eigenvalue weighted by molar-refractivity contribution is 6.06. The standard InChI is InChI=1S/C25H30N4O6/c1-4-19(29-25(32)33)24(31)26-11-5-6-17-13-16-12-15(7-9-20(16)27-17)23(30)28-18-8-10-21(34-2)22(14-18)35-3/h7-10,12-14,19,27,29H,4-6,11H2,1-3H3,(H,26,31)(H,28,30)(H,32,33). The normalized spacial score (nSPS) is 11.5. The van der Waals surface area contributed by atoms with Gasteiger partial charge in [-0.1, -0.05) is 6.92 Å². The number of H-pyrrole nitrogens is 1. The molecule has 1 unspecified atom stereocenters. The highest BCUT2D eigenvalue weighted by Gasteiger charge is 2.17. The van der Waals surface area contributed by atoms with Crippen LogP contribution in [0.25, 0.3) is 10.9 Å². The van der Waals surface area contributed by atoms with Gasteiger partial charge in [0.25, 0.3) is 5.91 Å². The summed E-state index contributed by atoms with van der Waals surface area (Å²) < 4.78 is 10.5. The van der Waals surface area contributed by atoms with Gasteiger partial charge in [-0.15, -0.1) is 0 Å². The molecule has 0 aliphatic heterocycles. The quantitative estimate of drug-likeness (QED) is 0.265. The zero-order chi connectivity index (χ0) is 25.4. The lowest BCUT2D eigenvalue weighted by Crippen LogP contribution is -2.46. The topological polar surface area (TPSA) is 142 Å². The van der Waals surface area contributed by atoms with Crippen LogP contribution < -0.4 is 25.4 Å². The van der Waals surface area contributed by atoms with Crippen LogP contribution in [0, 0.1) is 0 Å². The Balaban J connectivity index is 1.57. The summed E-state index contributed by atoms with van der Waals surface area (Å²) in [5.74, 6) is 0.519. The molecule has 0 saturated heterocycles. The first-order chi connectivity index (χ1) is 16.8. The van der Waals surface area contributed by atoms with E-state index in [0.29, 0.717) is 48.6 Å². The number of methoxy groups -OCH3 is 2. The van der Waals surface area contributed by atoms with Crippen molar-refractivity contribution in [2.45, 2.75) is 32.2 Å². The number of fused-ring (bicyclic) bond motifs is 1. The van der Waals surface area contributed by atoms with Gasteiger partial charge in [0.15, 0.2) is 11.5 Å². The molecule has 3 aromatic rings. The van der Waals surface area contributed by atoms with Crippen molar-refractivity contribution in [1.29, 1.82) is 0 Å². The first-order valence-electron chi connectivity index (χ1n) is 11.3. The lowest BCUT2D eigenvalue weighted by molar-refractivity contribution is -0.123. The van der Waals surface area contributed by atoms with Crippen molar-refractivity contribution in [1.82, 2.24) is 15.6 Å². The van der Waals surface area contributed by atoms with E-state index in [4.69, 9.17) is 14.6 Å². The molecule has 10 heteroatoms. The summed E-state index contributed by atoms with van der Waals surface area (Å²) in [5, 5.41) is 17.5. The average Bonchev–Trinajstić information content (AvgIpc) is 3.26. The molecule has 0 radical (unpaired) electrons. The van der Waals surface area contributed by atoms with Gasteiger partial charge in [0.2, 0.25) is 5.91 Å². The molecule has 5 N–H and O–H groups in total. The summed E-state index contributed by atoms with van der Waals surface area (Å²) in [5.41, 5.74) is 2.99. The number of hydrogen-bond acceptors (Lipinski definition) is 5. The molecule has 0 spiro atoms. The number of carbonyl (C=O) groups excluding carboxylic acids is 2. The summed E-state index contributed by atoms with van der Waals surface area (Å²) in [6.07, 6.45) is 0.518. The largest absolute Gasteiger partial charge is 0.493 e. The zero-order valence-electron chi connectivity index (χ0n) is 19.9. The van der Waals surface area contributed by atoms with Gasteiger partial charge in [-0.25, -0.2) is 4.79 Å². The maximum atomic E-state index is 12.8. The van der Waals surface area contributed by atoms with Crippen LogP contribution in [-0.2, 0) is 11.2 Å². The van der Waals surface area contributed by atoms with E-state index in [2.05, 4.69) is 20.9 Å². The Morgan fingerprint density at radius 2 is 1.80 bits per heavy atom. The Bertz CT molecular complexity index is 1210. The fourth-order valence-corrected chi connectivity index (χ4v) is 3.70. The van der Waals surface area contributed by atoms with Crippen LogP contribution >= 0.6 is 0 Å². The zero-order valence-corrected chi connectivity index (χ0v) is 19.9. The van der Waals surface area contributed by atoms with E-state index in [-0.39, 0.29) is 11.8 Å². The maximum Gasteiger partial charge on any atom is 0.405 e. The predicted octanol–water partition coefficient (Wildman–Crippen LogP) is 3.53. The number of nitrogens with one attached hydrogen (secondary N) is 4. The first-order valence-corrected chi connectivity index (χ1v) is 11.3. The lowest BCUT2D eigenvalue weighted by atomic mass is 10.1. The number of amides is 3. The third-order valence-corrected chi connectivity index (χ3v) is 5.52. The van der Waals surface area contributed by atoms with E-state index in [0.717, 1.165) is 16.6 Å². The van der Waals surface area contributed by atoms with Crippen molar-refractivity contribution in [2.24, 2.45) is 0 Å². The molecule has 0 fully saturated rings. The number of hydrogen-bond donors (Lipinski definition) is 5. The van der Waals surface area contributed by atoms with Gasteiger partial charge < -0.3 is 35.5 Å². The van der Waals surface area contributed by atoms with Crippen molar-refractivity contribution < 1.29 is 29.0 Å². The number of aryl methyl sites for hydroxylation is 1. The number of carbonyl (C=O) groups is 3. The molecule has 35 heavy (non-hydrogen) atoms. The molecule has 0 aliphatic rings. The van der Waals surface area contributed by atoms with Crippen LogP contribution in [0.4, 0.5) is 10.5 Å². The van der Waals surface area contributed by atoms with E-state index >= 15 is 0 Å². The molecule has 0 bridgehead atoms. The Morgan fingerprint density at radius 1 is 1.03 bits per heavy atom. The number of aromatic nitrogens is 1. The smallest absolute Gasteiger partial charge is 0.405 e. The van der Waals surface area contributed by atoms with E-state index < -0.39 is 12.1 Å². The van der Waals surface area contributed by atoms with Gasteiger partial charge >= 0.3 is 6.09 Å². The summed E-state index contributed by atoms with van der Waals surface area (Å²) >= 11 is 0. The minimum absolute atomic E-state index is 0.245. The SMILES string of the molecule is CCC(NC(=O)O)C(=O)NCCCc1cc2cc(C(=O)Nc3ccc(OC)c(OC)c3)ccc2[nH]1. The molecule has 186 valence electrons. The Kier molecular flexibility index (Phi) is 8.55. The Hall–Kier alpha value is -4.21. The molecule has 1 heterocycles. The Labute approximate surface area is 203 Å². The van der Waals surface area contributed by atoms with Crippen LogP contribution in [-0.4, -0.2) is 54.8 Å². The van der Waals surface area contributed by atoms with Crippen LogP contribution in [0.3, 0.4) is 0 Å². The number of carboxylic acid groups (broad SMARTS) is 1. The van der Waals surface area contributed by atoms with Gasteiger partial charge in [0.1, 0.15) is 6.04 Å². The van der Waals surface area contributed by atoms with Crippen molar-refractivity contribution in [3.05, 3.63) is 53.7 Å². The van der Waals surface area contributed by atoms with E-state index in [9.17, 15) is 14.4 Å². The average molecular weight is 483 g/mol. The molecule has 1 atom stereocenters. The molecule has 2 aromatic carbocycles. The maximum absolute atomic E-state index is 12.8. The molecule has 0 aliphatic carbocycles. The summed E-state index contributed by atoms with van der Waals surface area (Å²) in [4.78, 5) is 38.9. The van der Waals surface area contributed by atoms with Crippen LogP contribution in [0.15, 0.2) is 42.5 Å². The fourth-order valence-electron chi connectivity index (χ4n) is 3.70. The van der Waals surface area contributed by atoms with Crippen molar-refractivity contribution in [3.8, 4) is 11.5 Å².